The van der Waals surface area contributed by atoms with Crippen molar-refractivity contribution >= 4 is 10.1 Å². The summed E-state index contributed by atoms with van der Waals surface area (Å²) in [6.45, 7) is 3.56. The van der Waals surface area contributed by atoms with E-state index in [4.69, 9.17) is 9.66 Å². The zero-order valence-electron chi connectivity index (χ0n) is 8.14. The lowest BCUT2D eigenvalue weighted by atomic mass is 10.2. The Balaban J connectivity index is 0.000000500. The third-order valence-corrected chi connectivity index (χ3v) is 2.39. The lowest BCUT2D eigenvalue weighted by molar-refractivity contribution is 0.318. The molecule has 1 aromatic carbocycles. The lowest BCUT2D eigenvalue weighted by Crippen LogP contribution is -1.99. The fourth-order valence-electron chi connectivity index (χ4n) is 0.846. The van der Waals surface area contributed by atoms with Crippen molar-refractivity contribution in [3.05, 3.63) is 29.8 Å². The van der Waals surface area contributed by atoms with Gasteiger partial charge in [0, 0.05) is 6.61 Å². The van der Waals surface area contributed by atoms with E-state index in [0.717, 1.165) is 0 Å². The number of hydrogen-bond acceptors (Lipinski definition) is 3. The minimum Gasteiger partial charge on any atom is -0.397 e. The maximum atomic E-state index is 10.6. The Morgan fingerprint density at radius 3 is 2.00 bits per heavy atom. The van der Waals surface area contributed by atoms with E-state index in [0.29, 0.717) is 5.56 Å². The monoisotopic (exact) mass is 218 g/mol. The topological polar surface area (TPSA) is 74.6 Å². The summed E-state index contributed by atoms with van der Waals surface area (Å²) in [4.78, 5) is -0.0278. The Bertz CT molecular complexity index is 370. The fourth-order valence-corrected chi connectivity index (χ4v) is 1.57. The van der Waals surface area contributed by atoms with Gasteiger partial charge >= 0.3 is 0 Å². The zero-order chi connectivity index (χ0) is 11.2. The molecule has 0 aliphatic rings. The van der Waals surface area contributed by atoms with Crippen molar-refractivity contribution in [1.82, 2.24) is 0 Å². The molecule has 2 N–H and O–H groups in total. The molecule has 4 nitrogen and oxygen atoms in total. The summed E-state index contributed by atoms with van der Waals surface area (Å²) in [5.74, 6) is 0. The van der Waals surface area contributed by atoms with Crippen LogP contribution in [-0.2, 0) is 10.1 Å². The molecule has 1 aromatic rings. The van der Waals surface area contributed by atoms with Crippen LogP contribution < -0.4 is 0 Å². The molecule has 0 saturated carbocycles. The van der Waals surface area contributed by atoms with Crippen LogP contribution in [0.4, 0.5) is 0 Å². The van der Waals surface area contributed by atoms with Crippen molar-refractivity contribution in [2.75, 3.05) is 6.61 Å². The molecular formula is C9H14O4S. The van der Waals surface area contributed by atoms with Gasteiger partial charge in [0.15, 0.2) is 0 Å². The van der Waals surface area contributed by atoms with Gasteiger partial charge in [-0.25, -0.2) is 0 Å². The molecular weight excluding hydrogens is 204 g/mol. The molecule has 0 amide bonds. The highest BCUT2D eigenvalue weighted by Crippen LogP contribution is 2.12. The Hall–Kier alpha value is -0.910. The summed E-state index contributed by atoms with van der Waals surface area (Å²) < 4.78 is 29.9. The molecule has 14 heavy (non-hydrogen) atoms. The van der Waals surface area contributed by atoms with Crippen molar-refractivity contribution in [3.8, 4) is 0 Å². The molecule has 0 saturated heterocycles. The summed E-state index contributed by atoms with van der Waals surface area (Å²) in [7, 11) is -4.03. The molecule has 0 heterocycles. The van der Waals surface area contributed by atoms with Crippen LogP contribution in [0.2, 0.25) is 0 Å². The summed E-state index contributed by atoms with van der Waals surface area (Å²) in [5.41, 5.74) is 0.551. The number of benzene rings is 1. The van der Waals surface area contributed by atoms with E-state index in [9.17, 15) is 8.42 Å². The summed E-state index contributed by atoms with van der Waals surface area (Å²) in [6.07, 6.45) is 0. The predicted octanol–water partition coefficient (Wildman–Crippen LogP) is 1.24. The van der Waals surface area contributed by atoms with Crippen LogP contribution in [0.3, 0.4) is 0 Å². The van der Waals surface area contributed by atoms with Crippen LogP contribution in [0.15, 0.2) is 29.2 Å². The number of hydrogen-bond donors (Lipinski definition) is 2. The van der Waals surface area contributed by atoms with Gasteiger partial charge < -0.3 is 5.11 Å². The minimum absolute atomic E-state index is 0.0278. The highest BCUT2D eigenvalue weighted by atomic mass is 32.2. The molecule has 80 valence electrons. The van der Waals surface area contributed by atoms with Gasteiger partial charge in [0.1, 0.15) is 0 Å². The van der Waals surface area contributed by atoms with Crippen molar-refractivity contribution in [2.45, 2.75) is 18.7 Å². The van der Waals surface area contributed by atoms with Crippen LogP contribution in [0.5, 0.6) is 0 Å². The second-order valence-electron chi connectivity index (χ2n) is 2.56. The van der Waals surface area contributed by atoms with Gasteiger partial charge in [-0.1, -0.05) is 18.2 Å². The average Bonchev–Trinajstić information content (AvgIpc) is 2.04. The van der Waals surface area contributed by atoms with Gasteiger partial charge in [-0.15, -0.1) is 0 Å². The van der Waals surface area contributed by atoms with E-state index in [2.05, 4.69) is 0 Å². The summed E-state index contributed by atoms with van der Waals surface area (Å²) >= 11 is 0. The normalized spacial score (nSPS) is 10.3. The highest BCUT2D eigenvalue weighted by molar-refractivity contribution is 7.85. The standard InChI is InChI=1S/C7H8O3S.C2H6O/c1-6-4-2-3-5-7(6)11(8,9)10;1-2-3/h2-5H,1H3,(H,8,9,10);3H,2H2,1H3. The van der Waals surface area contributed by atoms with Crippen LogP contribution >= 0.6 is 0 Å². The van der Waals surface area contributed by atoms with Crippen molar-refractivity contribution in [3.63, 3.8) is 0 Å². The Labute approximate surface area is 84.0 Å². The number of rotatable bonds is 1. The zero-order valence-corrected chi connectivity index (χ0v) is 8.95. The highest BCUT2D eigenvalue weighted by Gasteiger charge is 2.10. The average molecular weight is 218 g/mol. The first-order valence-electron chi connectivity index (χ1n) is 4.07. The second-order valence-corrected chi connectivity index (χ2v) is 3.95. The molecule has 0 aromatic heterocycles. The molecule has 0 fully saturated rings. The summed E-state index contributed by atoms with van der Waals surface area (Å²) in [5, 5.41) is 7.57. The Kier molecular flexibility index (Phi) is 5.37. The van der Waals surface area contributed by atoms with Gasteiger partial charge in [0.25, 0.3) is 10.1 Å². The van der Waals surface area contributed by atoms with Gasteiger partial charge in [-0.05, 0) is 25.5 Å². The maximum Gasteiger partial charge on any atom is 0.294 e. The van der Waals surface area contributed by atoms with Crippen molar-refractivity contribution < 1.29 is 18.1 Å². The first-order chi connectivity index (χ1) is 6.43. The predicted molar refractivity (Wildman–Crippen MR) is 53.8 cm³/mol. The van der Waals surface area contributed by atoms with Gasteiger partial charge in [0.2, 0.25) is 0 Å². The van der Waals surface area contributed by atoms with E-state index in [1.54, 1.807) is 32.0 Å². The van der Waals surface area contributed by atoms with Crippen molar-refractivity contribution in [1.29, 1.82) is 0 Å². The number of aliphatic hydroxyl groups is 1. The molecule has 1 rings (SSSR count). The van der Waals surface area contributed by atoms with Gasteiger partial charge in [0.05, 0.1) is 4.90 Å². The van der Waals surface area contributed by atoms with Crippen LogP contribution in [0, 0.1) is 6.92 Å². The molecule has 0 aliphatic carbocycles. The maximum absolute atomic E-state index is 10.6. The Morgan fingerprint density at radius 2 is 1.71 bits per heavy atom. The van der Waals surface area contributed by atoms with E-state index < -0.39 is 10.1 Å². The third-order valence-electron chi connectivity index (χ3n) is 1.37. The van der Waals surface area contributed by atoms with Crippen molar-refractivity contribution in [2.24, 2.45) is 0 Å². The van der Waals surface area contributed by atoms with Crippen LogP contribution in [-0.4, -0.2) is 24.7 Å². The first kappa shape index (κ1) is 13.1. The molecule has 0 radical (unpaired) electrons. The van der Waals surface area contributed by atoms with Gasteiger partial charge in [-0.2, -0.15) is 8.42 Å². The first-order valence-corrected chi connectivity index (χ1v) is 5.51. The molecule has 5 heteroatoms. The molecule has 0 spiro atoms. The van der Waals surface area contributed by atoms with Crippen LogP contribution in [0.25, 0.3) is 0 Å². The third kappa shape index (κ3) is 4.36. The largest absolute Gasteiger partial charge is 0.397 e. The smallest absolute Gasteiger partial charge is 0.294 e. The fraction of sp³-hybridized carbons (Fsp3) is 0.333. The number of aryl methyl sites for hydroxylation is 1. The van der Waals surface area contributed by atoms with E-state index in [1.165, 1.54) is 6.07 Å². The number of aliphatic hydroxyl groups excluding tert-OH is 1. The SMILES string of the molecule is CCO.Cc1ccccc1S(=O)(=O)O. The van der Waals surface area contributed by atoms with Crippen LogP contribution in [0.1, 0.15) is 12.5 Å². The minimum atomic E-state index is -4.03. The molecule has 0 aliphatic heterocycles. The van der Waals surface area contributed by atoms with E-state index in [1.807, 2.05) is 0 Å². The molecule has 0 bridgehead atoms. The lowest BCUT2D eigenvalue weighted by Gasteiger charge is -1.99. The second kappa shape index (κ2) is 5.74. The van der Waals surface area contributed by atoms with E-state index in [-0.39, 0.29) is 11.5 Å². The summed E-state index contributed by atoms with van der Waals surface area (Å²) in [6, 6.07) is 6.27. The Morgan fingerprint density at radius 1 is 1.29 bits per heavy atom. The molecule has 0 unspecified atom stereocenters. The van der Waals surface area contributed by atoms with E-state index >= 15 is 0 Å². The molecule has 0 atom stereocenters. The quantitative estimate of drug-likeness (QED) is 0.695. The van der Waals surface area contributed by atoms with Gasteiger partial charge in [-0.3, -0.25) is 4.55 Å².